The second-order valence-electron chi connectivity index (χ2n) is 7.64. The van der Waals surface area contributed by atoms with Gasteiger partial charge in [-0.05, 0) is 29.1 Å². The molecule has 178 valence electrons. The summed E-state index contributed by atoms with van der Waals surface area (Å²) >= 11 is 1.81. The van der Waals surface area contributed by atoms with Crippen molar-refractivity contribution in [1.82, 2.24) is 15.1 Å². The first kappa shape index (κ1) is 26.5. The van der Waals surface area contributed by atoms with E-state index in [4.69, 9.17) is 14.2 Å². The number of piperazine rings is 1. The molecule has 1 saturated heterocycles. The lowest BCUT2D eigenvalue weighted by atomic mass is 10.1. The average Bonchev–Trinajstić information content (AvgIpc) is 3.34. The summed E-state index contributed by atoms with van der Waals surface area (Å²) in [6, 6.07) is 8.36. The predicted molar refractivity (Wildman–Crippen MR) is 142 cm³/mol. The Balaban J connectivity index is 0.00000363. The van der Waals surface area contributed by atoms with Crippen molar-refractivity contribution in [1.29, 1.82) is 0 Å². The zero-order valence-electron chi connectivity index (χ0n) is 19.6. The minimum absolute atomic E-state index is 0. The molecular weight excluding hydrogens is 539 g/mol. The molecule has 32 heavy (non-hydrogen) atoms. The first-order valence-electron chi connectivity index (χ1n) is 10.6. The number of thiophene rings is 1. The summed E-state index contributed by atoms with van der Waals surface area (Å²) in [6.07, 6.45) is 0. The van der Waals surface area contributed by atoms with E-state index in [9.17, 15) is 0 Å². The number of rotatable bonds is 8. The maximum absolute atomic E-state index is 5.49. The molecule has 0 bridgehead atoms. The molecule has 1 N–H and O–H groups in total. The molecule has 7 nitrogen and oxygen atoms in total. The number of guanidine groups is 1. The van der Waals surface area contributed by atoms with Crippen LogP contribution < -0.4 is 19.5 Å². The zero-order chi connectivity index (χ0) is 22.2. The molecule has 2 heterocycles. The fraction of sp³-hybridized carbons (Fsp3) is 0.522. The van der Waals surface area contributed by atoms with E-state index in [0.29, 0.717) is 23.2 Å². The van der Waals surface area contributed by atoms with Crippen molar-refractivity contribution in [3.05, 3.63) is 40.1 Å². The Labute approximate surface area is 212 Å². The standard InChI is InChI=1S/C23H34N4O3S.HI/c1-17(21-7-6-12-31-21)15-25-23(24-2)27-10-8-26(9-11-27)16-18-13-19(28-3)22(30-5)20(14-18)29-4;/h6-7,12-14,17H,8-11,15-16H2,1-5H3,(H,24,25);1H. The molecule has 1 unspecified atom stereocenters. The minimum atomic E-state index is 0. The average molecular weight is 575 g/mol. The van der Waals surface area contributed by atoms with Gasteiger partial charge in [0.05, 0.1) is 21.3 Å². The fourth-order valence-corrected chi connectivity index (χ4v) is 4.64. The first-order valence-corrected chi connectivity index (χ1v) is 11.5. The predicted octanol–water partition coefficient (Wildman–Crippen LogP) is 3.89. The molecule has 1 aromatic heterocycles. The van der Waals surface area contributed by atoms with Gasteiger partial charge in [-0.1, -0.05) is 13.0 Å². The second kappa shape index (κ2) is 13.1. The molecule has 1 aliphatic rings. The normalized spacial score (nSPS) is 15.7. The van der Waals surface area contributed by atoms with E-state index in [2.05, 4.69) is 44.5 Å². The molecule has 0 aliphatic carbocycles. The third-order valence-corrected chi connectivity index (χ3v) is 6.71. The van der Waals surface area contributed by atoms with E-state index in [1.807, 2.05) is 30.5 Å². The van der Waals surface area contributed by atoms with Crippen LogP contribution in [0.15, 0.2) is 34.6 Å². The molecule has 1 atom stereocenters. The van der Waals surface area contributed by atoms with Gasteiger partial charge in [0.2, 0.25) is 5.75 Å². The van der Waals surface area contributed by atoms with Gasteiger partial charge >= 0.3 is 0 Å². The number of nitrogens with one attached hydrogen (secondary N) is 1. The summed E-state index contributed by atoms with van der Waals surface area (Å²) in [6.45, 7) is 7.80. The van der Waals surface area contributed by atoms with E-state index in [0.717, 1.165) is 50.8 Å². The number of methoxy groups -OCH3 is 3. The highest BCUT2D eigenvalue weighted by molar-refractivity contribution is 14.0. The van der Waals surface area contributed by atoms with Crippen LogP contribution in [-0.2, 0) is 6.54 Å². The Morgan fingerprint density at radius 1 is 1.09 bits per heavy atom. The van der Waals surface area contributed by atoms with Crippen molar-refractivity contribution in [2.24, 2.45) is 4.99 Å². The third-order valence-electron chi connectivity index (χ3n) is 5.61. The van der Waals surface area contributed by atoms with Crippen molar-refractivity contribution >= 4 is 41.3 Å². The Hall–Kier alpha value is -1.72. The van der Waals surface area contributed by atoms with Crippen LogP contribution in [0.3, 0.4) is 0 Å². The molecule has 1 fully saturated rings. The van der Waals surface area contributed by atoms with Gasteiger partial charge in [0, 0.05) is 57.1 Å². The quantitative estimate of drug-likeness (QED) is 0.294. The topological polar surface area (TPSA) is 58.6 Å². The third kappa shape index (κ3) is 6.64. The number of nitrogens with zero attached hydrogens (tertiary/aromatic N) is 3. The van der Waals surface area contributed by atoms with Crippen LogP contribution >= 0.6 is 35.3 Å². The summed E-state index contributed by atoms with van der Waals surface area (Å²) in [5.41, 5.74) is 1.15. The van der Waals surface area contributed by atoms with E-state index in [1.165, 1.54) is 4.88 Å². The van der Waals surface area contributed by atoms with Crippen LogP contribution in [-0.4, -0.2) is 76.9 Å². The van der Waals surface area contributed by atoms with Crippen molar-refractivity contribution in [3.8, 4) is 17.2 Å². The fourth-order valence-electron chi connectivity index (χ4n) is 3.85. The molecule has 1 aliphatic heterocycles. The van der Waals surface area contributed by atoms with Gasteiger partial charge in [0.15, 0.2) is 17.5 Å². The molecule has 9 heteroatoms. The van der Waals surface area contributed by atoms with Gasteiger partial charge in [-0.25, -0.2) is 0 Å². The Morgan fingerprint density at radius 3 is 2.25 bits per heavy atom. The number of benzene rings is 1. The summed E-state index contributed by atoms with van der Waals surface area (Å²) in [4.78, 5) is 10.7. The summed E-state index contributed by atoms with van der Waals surface area (Å²) in [5, 5.41) is 5.68. The number of aliphatic imine (C=N–C) groups is 1. The van der Waals surface area contributed by atoms with E-state index in [-0.39, 0.29) is 24.0 Å². The maximum atomic E-state index is 5.49. The number of hydrogen-bond donors (Lipinski definition) is 1. The van der Waals surface area contributed by atoms with Gasteiger partial charge in [0.1, 0.15) is 0 Å². The van der Waals surface area contributed by atoms with Crippen molar-refractivity contribution in [3.63, 3.8) is 0 Å². The number of ether oxygens (including phenoxy) is 3. The first-order chi connectivity index (χ1) is 15.1. The monoisotopic (exact) mass is 574 g/mol. The van der Waals surface area contributed by atoms with Crippen LogP contribution in [0.5, 0.6) is 17.2 Å². The summed E-state index contributed by atoms with van der Waals surface area (Å²) in [7, 11) is 6.79. The van der Waals surface area contributed by atoms with Crippen LogP contribution in [0.25, 0.3) is 0 Å². The lowest BCUT2D eigenvalue weighted by Gasteiger charge is -2.36. The van der Waals surface area contributed by atoms with Crippen molar-refractivity contribution in [2.75, 3.05) is 61.1 Å². The summed E-state index contributed by atoms with van der Waals surface area (Å²) < 4.78 is 16.4. The van der Waals surface area contributed by atoms with E-state index in [1.54, 1.807) is 21.3 Å². The molecule has 0 saturated carbocycles. The summed E-state index contributed by atoms with van der Waals surface area (Å²) in [5.74, 6) is 3.47. The van der Waals surface area contributed by atoms with Crippen molar-refractivity contribution < 1.29 is 14.2 Å². The van der Waals surface area contributed by atoms with Crippen molar-refractivity contribution in [2.45, 2.75) is 19.4 Å². The van der Waals surface area contributed by atoms with Gasteiger partial charge < -0.3 is 24.4 Å². The van der Waals surface area contributed by atoms with E-state index < -0.39 is 0 Å². The number of halogens is 1. The van der Waals surface area contributed by atoms with Crippen LogP contribution in [0.4, 0.5) is 0 Å². The smallest absolute Gasteiger partial charge is 0.203 e. The molecule has 0 spiro atoms. The van der Waals surface area contributed by atoms with Gasteiger partial charge in [-0.15, -0.1) is 35.3 Å². The molecule has 0 amide bonds. The van der Waals surface area contributed by atoms with Gasteiger partial charge in [0.25, 0.3) is 0 Å². The van der Waals surface area contributed by atoms with Gasteiger partial charge in [-0.2, -0.15) is 0 Å². The van der Waals surface area contributed by atoms with E-state index >= 15 is 0 Å². The highest BCUT2D eigenvalue weighted by Crippen LogP contribution is 2.38. The molecule has 2 aromatic rings. The SMILES string of the molecule is CN=C(NCC(C)c1cccs1)N1CCN(Cc2cc(OC)c(OC)c(OC)c2)CC1.I. The zero-order valence-corrected chi connectivity index (χ0v) is 22.7. The lowest BCUT2D eigenvalue weighted by molar-refractivity contribution is 0.172. The highest BCUT2D eigenvalue weighted by atomic mass is 127. The van der Waals surface area contributed by atoms with Gasteiger partial charge in [-0.3, -0.25) is 9.89 Å². The molecule has 3 rings (SSSR count). The molecule has 1 aromatic carbocycles. The largest absolute Gasteiger partial charge is 0.493 e. The highest BCUT2D eigenvalue weighted by Gasteiger charge is 2.21. The minimum Gasteiger partial charge on any atom is -0.493 e. The Bertz CT molecular complexity index is 830. The van der Waals surface area contributed by atoms with Crippen LogP contribution in [0, 0.1) is 0 Å². The molecule has 0 radical (unpaired) electrons. The lowest BCUT2D eigenvalue weighted by Crippen LogP contribution is -2.52. The Kier molecular flexibility index (Phi) is 10.9. The van der Waals surface area contributed by atoms with Crippen LogP contribution in [0.2, 0.25) is 0 Å². The Morgan fingerprint density at radius 2 is 1.75 bits per heavy atom. The second-order valence-corrected chi connectivity index (χ2v) is 8.62. The molecular formula is C23H35IN4O3S. The van der Waals surface area contributed by atoms with Crippen LogP contribution in [0.1, 0.15) is 23.3 Å². The number of hydrogen-bond acceptors (Lipinski definition) is 6. The maximum Gasteiger partial charge on any atom is 0.203 e.